The third-order valence-corrected chi connectivity index (χ3v) is 2.94. The van der Waals surface area contributed by atoms with Crippen LogP contribution in [0, 0.1) is 11.6 Å². The second-order valence-corrected chi connectivity index (χ2v) is 4.47. The summed E-state index contributed by atoms with van der Waals surface area (Å²) in [6.45, 7) is 0. The van der Waals surface area contributed by atoms with Crippen molar-refractivity contribution in [1.29, 1.82) is 0 Å². The van der Waals surface area contributed by atoms with Gasteiger partial charge < -0.3 is 10.8 Å². The van der Waals surface area contributed by atoms with Crippen molar-refractivity contribution in [2.75, 3.05) is 0 Å². The first kappa shape index (κ1) is 14.1. The van der Waals surface area contributed by atoms with Crippen molar-refractivity contribution >= 4 is 5.97 Å². The van der Waals surface area contributed by atoms with Crippen LogP contribution in [0.3, 0.4) is 0 Å². The summed E-state index contributed by atoms with van der Waals surface area (Å²) in [6.07, 6.45) is 0.145. The fraction of sp³-hybridized carbons (Fsp3) is 0.133. The van der Waals surface area contributed by atoms with E-state index in [0.717, 1.165) is 6.07 Å². The van der Waals surface area contributed by atoms with E-state index in [1.165, 1.54) is 12.1 Å². The molecule has 3 nitrogen and oxygen atoms in total. The van der Waals surface area contributed by atoms with Crippen LogP contribution in [-0.2, 0) is 11.2 Å². The van der Waals surface area contributed by atoms with Gasteiger partial charge in [-0.2, -0.15) is 0 Å². The number of hydrogen-bond donors (Lipinski definition) is 2. The van der Waals surface area contributed by atoms with Crippen molar-refractivity contribution in [1.82, 2.24) is 0 Å². The van der Waals surface area contributed by atoms with Crippen LogP contribution in [0.15, 0.2) is 42.5 Å². The Labute approximate surface area is 114 Å². The molecule has 0 heterocycles. The van der Waals surface area contributed by atoms with Crippen LogP contribution in [0.1, 0.15) is 5.56 Å². The predicted octanol–water partition coefficient (Wildman–Crippen LogP) is 2.59. The maximum absolute atomic E-state index is 13.7. The number of aliphatic carboxylic acids is 1. The Bertz CT molecular complexity index is 644. The number of carboxylic acids is 1. The number of rotatable bonds is 4. The van der Waals surface area contributed by atoms with Crippen LogP contribution >= 0.6 is 0 Å². The van der Waals surface area contributed by atoms with Gasteiger partial charge in [0.05, 0.1) is 0 Å². The van der Waals surface area contributed by atoms with Gasteiger partial charge in [-0.05, 0) is 29.7 Å². The van der Waals surface area contributed by atoms with E-state index in [4.69, 9.17) is 10.8 Å². The lowest BCUT2D eigenvalue weighted by atomic mass is 9.99. The fourth-order valence-corrected chi connectivity index (χ4v) is 1.93. The van der Waals surface area contributed by atoms with Crippen LogP contribution in [-0.4, -0.2) is 17.1 Å². The first-order valence-electron chi connectivity index (χ1n) is 6.00. The summed E-state index contributed by atoms with van der Waals surface area (Å²) in [7, 11) is 0. The predicted molar refractivity (Wildman–Crippen MR) is 71.1 cm³/mol. The Morgan fingerprint density at radius 3 is 2.60 bits per heavy atom. The Morgan fingerprint density at radius 1 is 1.20 bits per heavy atom. The average Bonchev–Trinajstić information content (AvgIpc) is 2.38. The van der Waals surface area contributed by atoms with Crippen molar-refractivity contribution in [3.63, 3.8) is 0 Å². The topological polar surface area (TPSA) is 63.3 Å². The van der Waals surface area contributed by atoms with Crippen LogP contribution in [0.25, 0.3) is 11.1 Å². The molecule has 2 aromatic carbocycles. The van der Waals surface area contributed by atoms with Crippen LogP contribution in [0.4, 0.5) is 8.78 Å². The number of hydrogen-bond acceptors (Lipinski definition) is 2. The Morgan fingerprint density at radius 2 is 1.95 bits per heavy atom. The largest absolute Gasteiger partial charge is 0.480 e. The first-order chi connectivity index (χ1) is 9.47. The molecule has 0 aromatic heterocycles. The van der Waals surface area contributed by atoms with Gasteiger partial charge in [0.2, 0.25) is 0 Å². The van der Waals surface area contributed by atoms with Gasteiger partial charge in [-0.15, -0.1) is 0 Å². The van der Waals surface area contributed by atoms with Gasteiger partial charge in [0.15, 0.2) is 0 Å². The molecule has 0 radical (unpaired) electrons. The third kappa shape index (κ3) is 3.19. The van der Waals surface area contributed by atoms with Crippen molar-refractivity contribution in [2.45, 2.75) is 12.5 Å². The van der Waals surface area contributed by atoms with Crippen LogP contribution in [0.5, 0.6) is 0 Å². The van der Waals surface area contributed by atoms with E-state index < -0.39 is 23.6 Å². The molecule has 0 fully saturated rings. The molecule has 20 heavy (non-hydrogen) atoms. The van der Waals surface area contributed by atoms with E-state index in [1.54, 1.807) is 24.3 Å². The molecule has 2 aromatic rings. The van der Waals surface area contributed by atoms with Gasteiger partial charge in [0.1, 0.15) is 17.7 Å². The summed E-state index contributed by atoms with van der Waals surface area (Å²) in [6, 6.07) is 9.05. The number of halogens is 2. The highest BCUT2D eigenvalue weighted by atomic mass is 19.1. The lowest BCUT2D eigenvalue weighted by molar-refractivity contribution is -0.138. The fourth-order valence-electron chi connectivity index (χ4n) is 1.93. The summed E-state index contributed by atoms with van der Waals surface area (Å²) >= 11 is 0. The summed E-state index contributed by atoms with van der Waals surface area (Å²) in [4.78, 5) is 10.7. The molecule has 0 aliphatic carbocycles. The van der Waals surface area contributed by atoms with E-state index in [-0.39, 0.29) is 12.0 Å². The lowest BCUT2D eigenvalue weighted by Crippen LogP contribution is -2.32. The van der Waals surface area contributed by atoms with Crippen molar-refractivity contribution in [3.05, 3.63) is 59.7 Å². The molecule has 3 N–H and O–H groups in total. The highest BCUT2D eigenvalue weighted by Gasteiger charge is 2.13. The van der Waals surface area contributed by atoms with Gasteiger partial charge in [-0.25, -0.2) is 8.78 Å². The number of carboxylic acid groups (broad SMARTS) is 1. The van der Waals surface area contributed by atoms with Gasteiger partial charge in [0, 0.05) is 11.6 Å². The minimum absolute atomic E-state index is 0.145. The van der Waals surface area contributed by atoms with Crippen molar-refractivity contribution < 1.29 is 18.7 Å². The van der Waals surface area contributed by atoms with E-state index in [2.05, 4.69) is 0 Å². The highest BCUT2D eigenvalue weighted by molar-refractivity contribution is 5.73. The van der Waals surface area contributed by atoms with Gasteiger partial charge >= 0.3 is 5.97 Å². The Hall–Kier alpha value is -2.27. The molecule has 1 atom stereocenters. The molecular formula is C15H13F2NO2. The van der Waals surface area contributed by atoms with Gasteiger partial charge in [-0.1, -0.05) is 24.3 Å². The monoisotopic (exact) mass is 277 g/mol. The number of benzene rings is 2. The third-order valence-electron chi connectivity index (χ3n) is 2.94. The van der Waals surface area contributed by atoms with Crippen molar-refractivity contribution in [3.8, 4) is 11.1 Å². The zero-order valence-corrected chi connectivity index (χ0v) is 10.5. The Kier molecular flexibility index (Phi) is 4.10. The van der Waals surface area contributed by atoms with E-state index in [0.29, 0.717) is 11.1 Å². The molecule has 104 valence electrons. The normalized spacial score (nSPS) is 12.2. The molecule has 0 spiro atoms. The summed E-state index contributed by atoms with van der Waals surface area (Å²) < 4.78 is 26.6. The van der Waals surface area contributed by atoms with Gasteiger partial charge in [-0.3, -0.25) is 4.79 Å². The molecule has 0 saturated heterocycles. The highest BCUT2D eigenvalue weighted by Crippen LogP contribution is 2.24. The molecular weight excluding hydrogens is 264 g/mol. The standard InChI is InChI=1S/C15H13F2NO2/c16-11-4-5-12(13(17)8-11)10-3-1-2-9(6-10)7-14(18)15(19)20/h1-6,8,14H,7,18H2,(H,19,20). The summed E-state index contributed by atoms with van der Waals surface area (Å²) in [5.74, 6) is -2.40. The maximum atomic E-state index is 13.7. The van der Waals surface area contributed by atoms with Crippen molar-refractivity contribution in [2.24, 2.45) is 5.73 Å². The van der Waals surface area contributed by atoms with Gasteiger partial charge in [0.25, 0.3) is 0 Å². The molecule has 0 amide bonds. The molecule has 0 aliphatic rings. The minimum Gasteiger partial charge on any atom is -0.480 e. The van der Waals surface area contributed by atoms with E-state index >= 15 is 0 Å². The zero-order valence-electron chi connectivity index (χ0n) is 10.5. The molecule has 5 heteroatoms. The molecule has 2 rings (SSSR count). The Balaban J connectivity index is 2.32. The first-order valence-corrected chi connectivity index (χ1v) is 6.00. The summed E-state index contributed by atoms with van der Waals surface area (Å²) in [5.41, 5.74) is 6.96. The average molecular weight is 277 g/mol. The van der Waals surface area contributed by atoms with Crippen LogP contribution in [0.2, 0.25) is 0 Å². The second kappa shape index (κ2) is 5.79. The smallest absolute Gasteiger partial charge is 0.320 e. The maximum Gasteiger partial charge on any atom is 0.320 e. The summed E-state index contributed by atoms with van der Waals surface area (Å²) in [5, 5.41) is 8.78. The van der Waals surface area contributed by atoms with E-state index in [9.17, 15) is 13.6 Å². The SMILES string of the molecule is NC(Cc1cccc(-c2ccc(F)cc2F)c1)C(=O)O. The number of carbonyl (C=O) groups is 1. The molecule has 0 saturated carbocycles. The molecule has 0 bridgehead atoms. The zero-order chi connectivity index (χ0) is 14.7. The molecule has 0 aliphatic heterocycles. The lowest BCUT2D eigenvalue weighted by Gasteiger charge is -2.09. The second-order valence-electron chi connectivity index (χ2n) is 4.47. The quantitative estimate of drug-likeness (QED) is 0.902. The van der Waals surface area contributed by atoms with Crippen LogP contribution < -0.4 is 5.73 Å². The van der Waals surface area contributed by atoms with E-state index in [1.807, 2.05) is 0 Å². The minimum atomic E-state index is -1.09. The number of nitrogens with two attached hydrogens (primary N) is 1. The molecule has 1 unspecified atom stereocenters.